The van der Waals surface area contributed by atoms with Crippen LogP contribution >= 0.6 is 0 Å². The third-order valence-corrected chi connectivity index (χ3v) is 5.01. The summed E-state index contributed by atoms with van der Waals surface area (Å²) in [5.41, 5.74) is 3.56. The van der Waals surface area contributed by atoms with Gasteiger partial charge in [0.15, 0.2) is 0 Å². The lowest BCUT2D eigenvalue weighted by Gasteiger charge is -2.49. The Balaban J connectivity index is 2.99. The van der Waals surface area contributed by atoms with Crippen molar-refractivity contribution in [2.45, 2.75) is 68.2 Å². The van der Waals surface area contributed by atoms with Crippen LogP contribution in [-0.2, 0) is 0 Å². The van der Waals surface area contributed by atoms with Crippen LogP contribution < -0.4 is 0 Å². The Hall–Kier alpha value is -0.520. The largest absolute Gasteiger partial charge is 0.0995 e. The maximum absolute atomic E-state index is 4.49. The van der Waals surface area contributed by atoms with Crippen molar-refractivity contribution in [2.75, 3.05) is 0 Å². The second kappa shape index (κ2) is 5.46. The first-order valence-corrected chi connectivity index (χ1v) is 7.83. The van der Waals surface area contributed by atoms with Gasteiger partial charge in [-0.25, -0.2) is 0 Å². The Kier molecular flexibility index (Phi) is 4.75. The maximum Gasteiger partial charge on any atom is -0.00654 e. The molecule has 0 aromatic heterocycles. The molecule has 0 bridgehead atoms. The Morgan fingerprint density at radius 3 is 2.21 bits per heavy atom. The van der Waals surface area contributed by atoms with E-state index in [0.717, 1.165) is 11.8 Å². The highest BCUT2D eigenvalue weighted by atomic mass is 14.5. The highest BCUT2D eigenvalue weighted by Gasteiger charge is 2.44. The van der Waals surface area contributed by atoms with Crippen LogP contribution in [0, 0.1) is 28.6 Å². The molecule has 0 heterocycles. The molecule has 1 rings (SSSR count). The molecule has 0 nitrogen and oxygen atoms in total. The highest BCUT2D eigenvalue weighted by Crippen LogP contribution is 2.53. The predicted octanol–water partition coefficient (Wildman–Crippen LogP) is 6.24. The SMILES string of the molecule is C=C(CC(C)C(C)C)C1C(C)(C)C=C(C)CC1(C)C. The average Bonchev–Trinajstić information content (AvgIpc) is 2.11. The molecule has 0 fully saturated rings. The lowest BCUT2D eigenvalue weighted by Crippen LogP contribution is -2.40. The van der Waals surface area contributed by atoms with Gasteiger partial charge in [-0.1, -0.05) is 72.3 Å². The fourth-order valence-corrected chi connectivity index (χ4v) is 4.44. The molecule has 1 aliphatic carbocycles. The van der Waals surface area contributed by atoms with E-state index in [9.17, 15) is 0 Å². The number of hydrogen-bond acceptors (Lipinski definition) is 0. The molecular weight excluding hydrogens is 228 g/mol. The van der Waals surface area contributed by atoms with E-state index in [4.69, 9.17) is 0 Å². The minimum absolute atomic E-state index is 0.236. The summed E-state index contributed by atoms with van der Waals surface area (Å²) in [7, 11) is 0. The van der Waals surface area contributed by atoms with Crippen LogP contribution in [0.2, 0.25) is 0 Å². The van der Waals surface area contributed by atoms with E-state index in [2.05, 4.69) is 68.0 Å². The molecule has 0 aliphatic heterocycles. The molecule has 0 aromatic carbocycles. The van der Waals surface area contributed by atoms with E-state index in [1.54, 1.807) is 0 Å². The van der Waals surface area contributed by atoms with Crippen LogP contribution in [0.15, 0.2) is 23.8 Å². The van der Waals surface area contributed by atoms with Gasteiger partial charge in [0, 0.05) is 0 Å². The molecule has 1 aliphatic rings. The molecule has 0 heteroatoms. The van der Waals surface area contributed by atoms with Crippen molar-refractivity contribution in [1.29, 1.82) is 0 Å². The van der Waals surface area contributed by atoms with Crippen LogP contribution in [0.5, 0.6) is 0 Å². The third-order valence-electron chi connectivity index (χ3n) is 5.01. The third kappa shape index (κ3) is 3.74. The molecule has 2 atom stereocenters. The van der Waals surface area contributed by atoms with Gasteiger partial charge in [-0.15, -0.1) is 0 Å². The predicted molar refractivity (Wildman–Crippen MR) is 87.2 cm³/mol. The maximum atomic E-state index is 4.49. The Morgan fingerprint density at radius 2 is 1.79 bits per heavy atom. The molecule has 0 N–H and O–H groups in total. The molecule has 19 heavy (non-hydrogen) atoms. The van der Waals surface area contributed by atoms with E-state index in [-0.39, 0.29) is 5.41 Å². The lowest BCUT2D eigenvalue weighted by molar-refractivity contribution is 0.118. The van der Waals surface area contributed by atoms with Crippen LogP contribution in [0.1, 0.15) is 68.2 Å². The minimum atomic E-state index is 0.236. The van der Waals surface area contributed by atoms with Crippen molar-refractivity contribution in [1.82, 2.24) is 0 Å². The van der Waals surface area contributed by atoms with Crippen LogP contribution in [0.3, 0.4) is 0 Å². The molecular formula is C19H34. The second-order valence-corrected chi connectivity index (χ2v) is 8.49. The van der Waals surface area contributed by atoms with Crippen LogP contribution in [-0.4, -0.2) is 0 Å². The zero-order chi connectivity index (χ0) is 15.0. The molecule has 2 unspecified atom stereocenters. The summed E-state index contributed by atoms with van der Waals surface area (Å²) in [6, 6.07) is 0. The van der Waals surface area contributed by atoms with Gasteiger partial charge in [0.1, 0.15) is 0 Å². The molecule has 0 amide bonds. The molecule has 110 valence electrons. The van der Waals surface area contributed by atoms with Gasteiger partial charge in [-0.05, 0) is 48.3 Å². The number of rotatable bonds is 4. The number of allylic oxidation sites excluding steroid dienone is 3. The zero-order valence-electron chi connectivity index (χ0n) is 14.4. The van der Waals surface area contributed by atoms with E-state index < -0.39 is 0 Å². The quantitative estimate of drug-likeness (QED) is 0.526. The summed E-state index contributed by atoms with van der Waals surface area (Å²) in [6.45, 7) is 23.4. The van der Waals surface area contributed by atoms with E-state index in [1.165, 1.54) is 24.0 Å². The normalized spacial score (nSPS) is 27.0. The second-order valence-electron chi connectivity index (χ2n) is 8.49. The topological polar surface area (TPSA) is 0 Å². The van der Waals surface area contributed by atoms with Gasteiger partial charge >= 0.3 is 0 Å². The highest BCUT2D eigenvalue weighted by molar-refractivity contribution is 5.24. The summed E-state index contributed by atoms with van der Waals surface area (Å²) >= 11 is 0. The van der Waals surface area contributed by atoms with Gasteiger partial charge < -0.3 is 0 Å². The molecule has 0 saturated carbocycles. The smallest absolute Gasteiger partial charge is 0.00654 e. The summed E-state index contributed by atoms with van der Waals surface area (Å²) < 4.78 is 0. The molecule has 0 aromatic rings. The average molecular weight is 262 g/mol. The monoisotopic (exact) mass is 262 g/mol. The first-order valence-electron chi connectivity index (χ1n) is 7.83. The van der Waals surface area contributed by atoms with Gasteiger partial charge in [0.25, 0.3) is 0 Å². The Labute approximate surface area is 121 Å². The summed E-state index contributed by atoms with van der Waals surface area (Å²) in [5.74, 6) is 2.06. The van der Waals surface area contributed by atoms with Crippen molar-refractivity contribution in [3.63, 3.8) is 0 Å². The van der Waals surface area contributed by atoms with Gasteiger partial charge in [0.2, 0.25) is 0 Å². The molecule has 0 saturated heterocycles. The van der Waals surface area contributed by atoms with E-state index in [0.29, 0.717) is 11.3 Å². The van der Waals surface area contributed by atoms with E-state index >= 15 is 0 Å². The minimum Gasteiger partial charge on any atom is -0.0995 e. The fraction of sp³-hybridized carbons (Fsp3) is 0.789. The first kappa shape index (κ1) is 16.5. The summed E-state index contributed by atoms with van der Waals surface area (Å²) in [6.07, 6.45) is 4.85. The Morgan fingerprint density at radius 1 is 1.26 bits per heavy atom. The van der Waals surface area contributed by atoms with Crippen molar-refractivity contribution in [3.05, 3.63) is 23.8 Å². The van der Waals surface area contributed by atoms with Crippen molar-refractivity contribution in [3.8, 4) is 0 Å². The zero-order valence-corrected chi connectivity index (χ0v) is 14.4. The summed E-state index contributed by atoms with van der Waals surface area (Å²) in [4.78, 5) is 0. The van der Waals surface area contributed by atoms with Gasteiger partial charge in [-0.3, -0.25) is 0 Å². The van der Waals surface area contributed by atoms with Crippen molar-refractivity contribution >= 4 is 0 Å². The first-order chi connectivity index (χ1) is 8.47. The molecule has 0 radical (unpaired) electrons. The molecule has 0 spiro atoms. The summed E-state index contributed by atoms with van der Waals surface area (Å²) in [5, 5.41) is 0. The lowest BCUT2D eigenvalue weighted by atomic mass is 9.55. The fourth-order valence-electron chi connectivity index (χ4n) is 4.44. The van der Waals surface area contributed by atoms with Crippen LogP contribution in [0.4, 0.5) is 0 Å². The number of hydrogen-bond donors (Lipinski definition) is 0. The van der Waals surface area contributed by atoms with Gasteiger partial charge in [0.05, 0.1) is 0 Å². The van der Waals surface area contributed by atoms with Crippen molar-refractivity contribution < 1.29 is 0 Å². The Bertz CT molecular complexity index is 365. The van der Waals surface area contributed by atoms with E-state index in [1.807, 2.05) is 0 Å². The van der Waals surface area contributed by atoms with Gasteiger partial charge in [-0.2, -0.15) is 0 Å². The van der Waals surface area contributed by atoms with Crippen LogP contribution in [0.25, 0.3) is 0 Å². The van der Waals surface area contributed by atoms with Crippen molar-refractivity contribution in [2.24, 2.45) is 28.6 Å². The standard InChI is InChI=1S/C19H34/c1-13(2)15(4)10-16(5)17-18(6,7)11-14(3)12-19(17,8)9/h11,13,15,17H,5,10,12H2,1-4,6-9H3.